The highest BCUT2D eigenvalue weighted by Gasteiger charge is 2.13. The van der Waals surface area contributed by atoms with Crippen LogP contribution in [0.1, 0.15) is 29.3 Å². The van der Waals surface area contributed by atoms with Crippen LogP contribution in [0.2, 0.25) is 19.6 Å². The van der Waals surface area contributed by atoms with Crippen molar-refractivity contribution in [1.29, 1.82) is 0 Å². The molecule has 0 spiro atoms. The van der Waals surface area contributed by atoms with Gasteiger partial charge in [0, 0.05) is 29.8 Å². The van der Waals surface area contributed by atoms with Gasteiger partial charge in [0.25, 0.3) is 5.56 Å². The fourth-order valence-corrected chi connectivity index (χ4v) is 2.99. The lowest BCUT2D eigenvalue weighted by Gasteiger charge is -2.14. The van der Waals surface area contributed by atoms with E-state index in [2.05, 4.69) is 36.1 Å². The van der Waals surface area contributed by atoms with Crippen molar-refractivity contribution in [3.8, 4) is 11.5 Å². The predicted octanol–water partition coefficient (Wildman–Crippen LogP) is 2.66. The van der Waals surface area contributed by atoms with Crippen molar-refractivity contribution < 1.29 is 4.74 Å². The number of nitrogens with zero attached hydrogens (tertiary/aromatic N) is 1. The first-order valence-electron chi connectivity index (χ1n) is 8.73. The summed E-state index contributed by atoms with van der Waals surface area (Å²) < 4.78 is 6.88. The summed E-state index contributed by atoms with van der Waals surface area (Å²) in [7, 11) is -1.45. The smallest absolute Gasteiger partial charge is 0.330 e. The van der Waals surface area contributed by atoms with Crippen LogP contribution >= 0.6 is 0 Å². The van der Waals surface area contributed by atoms with E-state index in [1.54, 1.807) is 6.92 Å². The highest BCUT2D eigenvalue weighted by Crippen LogP contribution is 2.12. The highest BCUT2D eigenvalue weighted by molar-refractivity contribution is 6.83. The maximum absolute atomic E-state index is 12.2. The Balaban J connectivity index is 2.43. The second-order valence-electron chi connectivity index (χ2n) is 7.26. The number of aromatic nitrogens is 2. The summed E-state index contributed by atoms with van der Waals surface area (Å²) in [6.45, 7) is 10.8. The minimum absolute atomic E-state index is 0.122. The first-order chi connectivity index (χ1) is 12.2. The summed E-state index contributed by atoms with van der Waals surface area (Å²) in [4.78, 5) is 26.6. The Bertz CT molecular complexity index is 956. The maximum atomic E-state index is 12.2. The topological polar surface area (TPSA) is 64.1 Å². The molecule has 0 radical (unpaired) electrons. The van der Waals surface area contributed by atoms with Gasteiger partial charge >= 0.3 is 5.69 Å². The molecule has 1 aromatic carbocycles. The Labute approximate surface area is 155 Å². The van der Waals surface area contributed by atoms with E-state index < -0.39 is 13.8 Å². The fourth-order valence-electron chi connectivity index (χ4n) is 2.47. The summed E-state index contributed by atoms with van der Waals surface area (Å²) in [5, 5.41) is 0. The molecule has 2 rings (SSSR count). The molecule has 0 aliphatic carbocycles. The van der Waals surface area contributed by atoms with Crippen LogP contribution in [0.15, 0.2) is 33.9 Å². The van der Waals surface area contributed by atoms with Crippen LogP contribution in [0.4, 0.5) is 0 Å². The van der Waals surface area contributed by atoms with E-state index in [0.717, 1.165) is 11.1 Å². The minimum Gasteiger partial charge on any atom is -0.361 e. The van der Waals surface area contributed by atoms with E-state index in [1.807, 2.05) is 31.2 Å². The number of rotatable bonds is 5. The number of nitrogens with one attached hydrogen (secondary N) is 1. The molecular formula is C20H26N2O3Si. The Morgan fingerprint density at radius 1 is 1.23 bits per heavy atom. The van der Waals surface area contributed by atoms with Crippen LogP contribution < -0.4 is 11.2 Å². The van der Waals surface area contributed by atoms with E-state index in [-0.39, 0.29) is 12.3 Å². The first-order valence-corrected chi connectivity index (χ1v) is 12.2. The zero-order chi connectivity index (χ0) is 19.3. The van der Waals surface area contributed by atoms with Gasteiger partial charge in [0.05, 0.1) is 0 Å². The van der Waals surface area contributed by atoms with Crippen molar-refractivity contribution >= 4 is 8.07 Å². The van der Waals surface area contributed by atoms with Crippen molar-refractivity contribution in [3.05, 3.63) is 67.5 Å². The third-order valence-electron chi connectivity index (χ3n) is 3.87. The van der Waals surface area contributed by atoms with Gasteiger partial charge in [-0.1, -0.05) is 37.7 Å². The average Bonchev–Trinajstić information content (AvgIpc) is 2.57. The third kappa shape index (κ3) is 5.32. The lowest BCUT2D eigenvalue weighted by Crippen LogP contribution is -2.35. The third-order valence-corrected chi connectivity index (χ3v) is 4.74. The van der Waals surface area contributed by atoms with E-state index in [4.69, 9.17) is 4.74 Å². The van der Waals surface area contributed by atoms with Crippen LogP contribution in [0, 0.1) is 18.4 Å². The Morgan fingerprint density at radius 2 is 1.96 bits per heavy atom. The van der Waals surface area contributed by atoms with Gasteiger partial charge in [-0.2, -0.15) is 0 Å². The van der Waals surface area contributed by atoms with Crippen LogP contribution in [0.5, 0.6) is 0 Å². The maximum Gasteiger partial charge on any atom is 0.330 e. The summed E-state index contributed by atoms with van der Waals surface area (Å²) in [5.74, 6) is 3.25. The molecule has 0 aliphatic heterocycles. The van der Waals surface area contributed by atoms with Crippen LogP contribution in [-0.2, 0) is 17.9 Å². The quantitative estimate of drug-likeness (QED) is 0.650. The van der Waals surface area contributed by atoms with Crippen molar-refractivity contribution in [2.24, 2.45) is 0 Å². The normalized spacial score (nSPS) is 11.1. The van der Waals surface area contributed by atoms with E-state index in [0.29, 0.717) is 24.3 Å². The number of ether oxygens (including phenoxy) is 1. The van der Waals surface area contributed by atoms with Crippen LogP contribution in [0.25, 0.3) is 0 Å². The summed E-state index contributed by atoms with van der Waals surface area (Å²) in [6.07, 6.45) is 0.473. The van der Waals surface area contributed by atoms with E-state index in [1.165, 1.54) is 4.57 Å². The molecule has 6 heteroatoms. The van der Waals surface area contributed by atoms with Crippen molar-refractivity contribution in [1.82, 2.24) is 9.55 Å². The largest absolute Gasteiger partial charge is 0.361 e. The molecule has 5 nitrogen and oxygen atoms in total. The van der Waals surface area contributed by atoms with Gasteiger partial charge in [-0.25, -0.2) is 4.79 Å². The predicted molar refractivity (Wildman–Crippen MR) is 107 cm³/mol. The number of H-pyrrole nitrogens is 1. The van der Waals surface area contributed by atoms with Gasteiger partial charge in [0.1, 0.15) is 14.8 Å². The molecule has 0 saturated carbocycles. The second kappa shape index (κ2) is 8.34. The zero-order valence-electron chi connectivity index (χ0n) is 16.1. The Hall–Kier alpha value is -2.36. The van der Waals surface area contributed by atoms with Gasteiger partial charge < -0.3 is 4.74 Å². The second-order valence-corrected chi connectivity index (χ2v) is 12.0. The molecule has 0 aliphatic rings. The van der Waals surface area contributed by atoms with Gasteiger partial charge in [-0.3, -0.25) is 14.3 Å². The molecule has 2 aromatic rings. The van der Waals surface area contributed by atoms with Crippen molar-refractivity contribution in [3.63, 3.8) is 0 Å². The molecule has 26 heavy (non-hydrogen) atoms. The number of benzene rings is 1. The van der Waals surface area contributed by atoms with Gasteiger partial charge in [0.15, 0.2) is 0 Å². The van der Waals surface area contributed by atoms with Crippen molar-refractivity contribution in [2.75, 3.05) is 6.61 Å². The Morgan fingerprint density at radius 3 is 2.62 bits per heavy atom. The monoisotopic (exact) mass is 370 g/mol. The lowest BCUT2D eigenvalue weighted by atomic mass is 10.0. The standard InChI is InChI=1S/C20H26N2O3Si/c1-6-25-14-22-18(15(2)19(23)21-20(22)24)13-17-9-7-8-16(12-17)10-11-26(3,4)5/h7-9,12H,6,13-14H2,1-5H3,(H,21,23,24). The molecule has 0 unspecified atom stereocenters. The molecule has 138 valence electrons. The van der Waals surface area contributed by atoms with Gasteiger partial charge in [-0.05, 0) is 31.5 Å². The molecule has 0 bridgehead atoms. The van der Waals surface area contributed by atoms with E-state index in [9.17, 15) is 9.59 Å². The van der Waals surface area contributed by atoms with Gasteiger partial charge in [0.2, 0.25) is 0 Å². The average molecular weight is 371 g/mol. The van der Waals surface area contributed by atoms with Crippen LogP contribution in [0.3, 0.4) is 0 Å². The number of hydrogen-bond donors (Lipinski definition) is 1. The molecule has 0 fully saturated rings. The summed E-state index contributed by atoms with van der Waals surface area (Å²) >= 11 is 0. The number of aromatic amines is 1. The van der Waals surface area contributed by atoms with Gasteiger partial charge in [-0.15, -0.1) is 5.54 Å². The number of hydrogen-bond acceptors (Lipinski definition) is 3. The molecule has 0 saturated heterocycles. The molecular weight excluding hydrogens is 344 g/mol. The van der Waals surface area contributed by atoms with E-state index >= 15 is 0 Å². The molecule has 1 N–H and O–H groups in total. The zero-order valence-corrected chi connectivity index (χ0v) is 17.1. The Kier molecular flexibility index (Phi) is 6.40. The SMILES string of the molecule is CCOCn1c(Cc2cccc(C#C[Si](C)(C)C)c2)c(C)c(=O)[nH]c1=O. The van der Waals surface area contributed by atoms with Crippen molar-refractivity contribution in [2.45, 2.75) is 46.6 Å². The fraction of sp³-hybridized carbons (Fsp3) is 0.400. The minimum atomic E-state index is -1.45. The molecule has 0 atom stereocenters. The summed E-state index contributed by atoms with van der Waals surface area (Å²) in [5.41, 5.74) is 5.71. The molecule has 1 heterocycles. The molecule has 0 amide bonds. The summed E-state index contributed by atoms with van der Waals surface area (Å²) in [6, 6.07) is 7.94. The first kappa shape index (κ1) is 20.0. The van der Waals surface area contributed by atoms with Crippen LogP contribution in [-0.4, -0.2) is 24.2 Å². The molecule has 1 aromatic heterocycles. The lowest BCUT2D eigenvalue weighted by molar-refractivity contribution is 0.0822. The highest BCUT2D eigenvalue weighted by atomic mass is 28.3.